The molecule has 1 amide bonds. The van der Waals surface area contributed by atoms with Crippen LogP contribution in [0.5, 0.6) is 0 Å². The molecule has 21 heavy (non-hydrogen) atoms. The number of halogens is 3. The third-order valence-electron chi connectivity index (χ3n) is 3.75. The average molecular weight is 396 g/mol. The van der Waals surface area contributed by atoms with Crippen molar-refractivity contribution >= 4 is 45.8 Å². The van der Waals surface area contributed by atoms with Crippen LogP contribution in [0.1, 0.15) is 30.1 Å². The van der Waals surface area contributed by atoms with Gasteiger partial charge in [0.1, 0.15) is 0 Å². The number of likely N-dealkylation sites (tertiary alicyclic amines) is 1. The molecule has 0 aliphatic carbocycles. The first-order valence-electron chi connectivity index (χ1n) is 7.07. The zero-order valence-electron chi connectivity index (χ0n) is 12.1. The second-order valence-electron chi connectivity index (χ2n) is 5.17. The number of rotatable bonds is 4. The predicted molar refractivity (Wildman–Crippen MR) is 93.6 cm³/mol. The molecular formula is C15H21BrCl2N2O. The average Bonchev–Trinajstić information content (AvgIpc) is 2.48. The molecule has 1 N–H and O–H groups in total. The van der Waals surface area contributed by atoms with Gasteiger partial charge in [-0.1, -0.05) is 18.5 Å². The van der Waals surface area contributed by atoms with E-state index in [4.69, 9.17) is 11.6 Å². The van der Waals surface area contributed by atoms with E-state index in [9.17, 15) is 4.79 Å². The van der Waals surface area contributed by atoms with Gasteiger partial charge in [-0.2, -0.15) is 0 Å². The number of amides is 1. The molecule has 1 aliphatic heterocycles. The summed E-state index contributed by atoms with van der Waals surface area (Å²) in [6.45, 7) is 5.88. The van der Waals surface area contributed by atoms with Gasteiger partial charge >= 0.3 is 0 Å². The second kappa shape index (κ2) is 8.99. The van der Waals surface area contributed by atoms with Crippen LogP contribution < -0.4 is 5.32 Å². The summed E-state index contributed by atoms with van der Waals surface area (Å²) in [6.07, 6.45) is 2.15. The molecule has 1 saturated heterocycles. The summed E-state index contributed by atoms with van der Waals surface area (Å²) in [7, 11) is 0. The first-order chi connectivity index (χ1) is 9.61. The third kappa shape index (κ3) is 5.13. The SMILES string of the molecule is CCNCC1CCN(C(=O)c2ccc(Cl)c(Br)c2)CC1.Cl. The van der Waals surface area contributed by atoms with Crippen molar-refractivity contribution in [2.75, 3.05) is 26.2 Å². The zero-order valence-corrected chi connectivity index (χ0v) is 15.2. The Hall–Kier alpha value is -0.290. The standard InChI is InChI=1S/C15H20BrClN2O.ClH/c1-2-18-10-11-5-7-19(8-6-11)15(20)12-3-4-14(17)13(16)9-12;/h3-4,9,11,18H,2,5-8,10H2,1H3;1H. The molecule has 1 aliphatic rings. The highest BCUT2D eigenvalue weighted by molar-refractivity contribution is 9.10. The van der Waals surface area contributed by atoms with Gasteiger partial charge in [0.25, 0.3) is 5.91 Å². The normalized spacial score (nSPS) is 15.7. The summed E-state index contributed by atoms with van der Waals surface area (Å²) < 4.78 is 0.770. The van der Waals surface area contributed by atoms with Crippen LogP contribution in [-0.2, 0) is 0 Å². The van der Waals surface area contributed by atoms with Gasteiger partial charge < -0.3 is 10.2 Å². The van der Waals surface area contributed by atoms with Crippen LogP contribution in [0.3, 0.4) is 0 Å². The highest BCUT2D eigenvalue weighted by Crippen LogP contribution is 2.25. The van der Waals surface area contributed by atoms with E-state index in [0.29, 0.717) is 16.5 Å². The summed E-state index contributed by atoms with van der Waals surface area (Å²) in [4.78, 5) is 14.4. The van der Waals surface area contributed by atoms with Gasteiger partial charge in [-0.05, 0) is 66.0 Å². The number of hydrogen-bond acceptors (Lipinski definition) is 2. The lowest BCUT2D eigenvalue weighted by atomic mass is 9.96. The molecule has 0 aromatic heterocycles. The summed E-state index contributed by atoms with van der Waals surface area (Å²) in [5.41, 5.74) is 0.700. The molecular weight excluding hydrogens is 375 g/mol. The number of carbonyl (C=O) groups excluding carboxylic acids is 1. The smallest absolute Gasteiger partial charge is 0.253 e. The number of nitrogens with zero attached hydrogens (tertiary/aromatic N) is 1. The van der Waals surface area contributed by atoms with Crippen molar-refractivity contribution in [1.82, 2.24) is 10.2 Å². The van der Waals surface area contributed by atoms with Crippen molar-refractivity contribution < 1.29 is 4.79 Å². The molecule has 3 nitrogen and oxygen atoms in total. The molecule has 0 atom stereocenters. The Bertz CT molecular complexity index is 477. The maximum Gasteiger partial charge on any atom is 0.253 e. The van der Waals surface area contributed by atoms with Gasteiger partial charge in [-0.15, -0.1) is 12.4 Å². The minimum atomic E-state index is 0. The van der Waals surface area contributed by atoms with Crippen LogP contribution in [0.2, 0.25) is 5.02 Å². The van der Waals surface area contributed by atoms with E-state index in [0.717, 1.165) is 43.5 Å². The molecule has 1 aromatic carbocycles. The van der Waals surface area contributed by atoms with Crippen molar-refractivity contribution in [3.63, 3.8) is 0 Å². The molecule has 0 unspecified atom stereocenters. The monoisotopic (exact) mass is 394 g/mol. The summed E-state index contributed by atoms with van der Waals surface area (Å²) in [6, 6.07) is 5.35. The summed E-state index contributed by atoms with van der Waals surface area (Å²) in [5.74, 6) is 0.792. The van der Waals surface area contributed by atoms with E-state index in [1.165, 1.54) is 0 Å². The van der Waals surface area contributed by atoms with Crippen molar-refractivity contribution in [3.05, 3.63) is 33.3 Å². The topological polar surface area (TPSA) is 32.3 Å². The fraction of sp³-hybridized carbons (Fsp3) is 0.533. The van der Waals surface area contributed by atoms with Gasteiger partial charge in [0.15, 0.2) is 0 Å². The van der Waals surface area contributed by atoms with E-state index >= 15 is 0 Å². The fourth-order valence-electron chi connectivity index (χ4n) is 2.50. The van der Waals surface area contributed by atoms with E-state index in [-0.39, 0.29) is 18.3 Å². The Labute approximate surface area is 146 Å². The molecule has 0 bridgehead atoms. The minimum absolute atomic E-state index is 0. The first-order valence-corrected chi connectivity index (χ1v) is 8.24. The first kappa shape index (κ1) is 18.8. The van der Waals surface area contributed by atoms with Gasteiger partial charge in [-0.25, -0.2) is 0 Å². The third-order valence-corrected chi connectivity index (χ3v) is 4.97. The highest BCUT2D eigenvalue weighted by Gasteiger charge is 2.23. The van der Waals surface area contributed by atoms with E-state index < -0.39 is 0 Å². The van der Waals surface area contributed by atoms with E-state index in [1.54, 1.807) is 18.2 Å². The van der Waals surface area contributed by atoms with Crippen LogP contribution in [0.25, 0.3) is 0 Å². The molecule has 0 saturated carbocycles. The maximum absolute atomic E-state index is 12.4. The van der Waals surface area contributed by atoms with Gasteiger partial charge in [0.05, 0.1) is 5.02 Å². The Morgan fingerprint density at radius 2 is 2.10 bits per heavy atom. The molecule has 1 heterocycles. The fourth-order valence-corrected chi connectivity index (χ4v) is 3.00. The summed E-state index contributed by atoms with van der Waals surface area (Å²) >= 11 is 9.33. The number of benzene rings is 1. The Morgan fingerprint density at radius 1 is 1.43 bits per heavy atom. The van der Waals surface area contributed by atoms with E-state index in [2.05, 4.69) is 28.2 Å². The van der Waals surface area contributed by atoms with Gasteiger partial charge in [0.2, 0.25) is 0 Å². The number of hydrogen-bond donors (Lipinski definition) is 1. The molecule has 1 aromatic rings. The maximum atomic E-state index is 12.4. The van der Waals surface area contributed by atoms with Gasteiger partial charge in [0, 0.05) is 23.1 Å². The molecule has 0 radical (unpaired) electrons. The van der Waals surface area contributed by atoms with Crippen LogP contribution in [0.15, 0.2) is 22.7 Å². The second-order valence-corrected chi connectivity index (χ2v) is 6.43. The van der Waals surface area contributed by atoms with Crippen molar-refractivity contribution in [2.45, 2.75) is 19.8 Å². The Kier molecular flexibility index (Phi) is 8.03. The minimum Gasteiger partial charge on any atom is -0.339 e. The predicted octanol–water partition coefficient (Wildman–Crippen LogP) is 3.99. The highest BCUT2D eigenvalue weighted by atomic mass is 79.9. The van der Waals surface area contributed by atoms with Crippen LogP contribution in [0, 0.1) is 5.92 Å². The van der Waals surface area contributed by atoms with Crippen LogP contribution in [0.4, 0.5) is 0 Å². The molecule has 0 spiro atoms. The number of carbonyl (C=O) groups is 1. The summed E-state index contributed by atoms with van der Waals surface area (Å²) in [5, 5.41) is 4.01. The molecule has 2 rings (SSSR count). The molecule has 1 fully saturated rings. The lowest BCUT2D eigenvalue weighted by molar-refractivity contribution is 0.0690. The van der Waals surface area contributed by atoms with Crippen LogP contribution >= 0.6 is 39.9 Å². The molecule has 118 valence electrons. The lowest BCUT2D eigenvalue weighted by Gasteiger charge is -2.32. The van der Waals surface area contributed by atoms with Crippen molar-refractivity contribution in [3.8, 4) is 0 Å². The number of nitrogens with one attached hydrogen (secondary N) is 1. The van der Waals surface area contributed by atoms with Gasteiger partial charge in [-0.3, -0.25) is 4.79 Å². The lowest BCUT2D eigenvalue weighted by Crippen LogP contribution is -2.40. The Balaban J connectivity index is 0.00000220. The van der Waals surface area contributed by atoms with E-state index in [1.807, 2.05) is 4.90 Å². The zero-order chi connectivity index (χ0) is 14.5. The quantitative estimate of drug-likeness (QED) is 0.835. The Morgan fingerprint density at radius 3 is 2.67 bits per heavy atom. The largest absolute Gasteiger partial charge is 0.339 e. The molecule has 6 heteroatoms. The number of piperidine rings is 1. The van der Waals surface area contributed by atoms with Crippen LogP contribution in [-0.4, -0.2) is 37.0 Å². The van der Waals surface area contributed by atoms with Crippen molar-refractivity contribution in [1.29, 1.82) is 0 Å². The van der Waals surface area contributed by atoms with Crippen molar-refractivity contribution in [2.24, 2.45) is 5.92 Å².